The van der Waals surface area contributed by atoms with Crippen molar-refractivity contribution in [1.82, 2.24) is 0 Å². The second kappa shape index (κ2) is 6.83. The summed E-state index contributed by atoms with van der Waals surface area (Å²) in [5, 5.41) is 2.76. The third-order valence-electron chi connectivity index (χ3n) is 3.50. The van der Waals surface area contributed by atoms with Crippen molar-refractivity contribution in [3.63, 3.8) is 0 Å². The number of amides is 1. The van der Waals surface area contributed by atoms with Crippen molar-refractivity contribution in [3.8, 4) is 0 Å². The molecule has 1 amide bonds. The van der Waals surface area contributed by atoms with Gasteiger partial charge in [-0.25, -0.2) is 8.42 Å². The van der Waals surface area contributed by atoms with Crippen LogP contribution in [0, 0.1) is 13.8 Å². The van der Waals surface area contributed by atoms with Crippen LogP contribution in [-0.2, 0) is 14.8 Å². The highest BCUT2D eigenvalue weighted by Gasteiger charge is 2.16. The highest BCUT2D eigenvalue weighted by molar-refractivity contribution is 7.92. The first-order chi connectivity index (χ1) is 10.8. The molecule has 2 N–H and O–H groups in total. The molecule has 6 heteroatoms. The zero-order valence-corrected chi connectivity index (χ0v) is 14.2. The minimum absolute atomic E-state index is 0.119. The van der Waals surface area contributed by atoms with Crippen LogP contribution in [-0.4, -0.2) is 14.3 Å². The van der Waals surface area contributed by atoms with Crippen molar-refractivity contribution in [2.45, 2.75) is 32.1 Å². The number of aryl methyl sites for hydroxylation is 1. The van der Waals surface area contributed by atoms with E-state index < -0.39 is 10.0 Å². The summed E-state index contributed by atoms with van der Waals surface area (Å²) in [5.74, 6) is -0.119. The van der Waals surface area contributed by atoms with E-state index in [0.29, 0.717) is 23.4 Å². The van der Waals surface area contributed by atoms with E-state index in [1.165, 1.54) is 0 Å². The Kier molecular flexibility index (Phi) is 5.05. The quantitative estimate of drug-likeness (QED) is 0.880. The van der Waals surface area contributed by atoms with Gasteiger partial charge in [0.05, 0.1) is 10.6 Å². The fourth-order valence-corrected chi connectivity index (χ4v) is 3.16. The van der Waals surface area contributed by atoms with E-state index in [-0.39, 0.29) is 10.8 Å². The molecule has 0 heterocycles. The summed E-state index contributed by atoms with van der Waals surface area (Å²) in [6.45, 7) is 5.42. The van der Waals surface area contributed by atoms with Gasteiger partial charge < -0.3 is 5.32 Å². The fourth-order valence-electron chi connectivity index (χ4n) is 2.04. The summed E-state index contributed by atoms with van der Waals surface area (Å²) < 4.78 is 27.5. The second-order valence-corrected chi connectivity index (χ2v) is 6.98. The molecule has 2 aromatic rings. The summed E-state index contributed by atoms with van der Waals surface area (Å²) in [7, 11) is -3.67. The monoisotopic (exact) mass is 332 g/mol. The summed E-state index contributed by atoms with van der Waals surface area (Å²) in [5.41, 5.74) is 2.70. The molecule has 0 aliphatic carbocycles. The Labute approximate surface area is 136 Å². The van der Waals surface area contributed by atoms with Gasteiger partial charge in [-0.2, -0.15) is 0 Å². The van der Waals surface area contributed by atoms with E-state index in [1.807, 2.05) is 6.92 Å². The van der Waals surface area contributed by atoms with Gasteiger partial charge in [-0.3, -0.25) is 9.52 Å². The standard InChI is InChI=1S/C17H20N2O3S/c1-4-17(20)18-15-6-5-7-16(13(15)3)19-23(21,22)14-10-8-12(2)9-11-14/h5-11,19H,4H2,1-3H3,(H,18,20). The van der Waals surface area contributed by atoms with Crippen LogP contribution in [0.1, 0.15) is 24.5 Å². The topological polar surface area (TPSA) is 75.3 Å². The van der Waals surface area contributed by atoms with E-state index in [1.54, 1.807) is 56.3 Å². The van der Waals surface area contributed by atoms with Gasteiger partial charge in [-0.05, 0) is 43.7 Å². The maximum absolute atomic E-state index is 12.5. The van der Waals surface area contributed by atoms with Crippen LogP contribution in [0.15, 0.2) is 47.4 Å². The molecule has 0 aliphatic rings. The van der Waals surface area contributed by atoms with Gasteiger partial charge in [0.1, 0.15) is 0 Å². The molecule has 0 unspecified atom stereocenters. The molecule has 0 spiro atoms. The summed E-state index contributed by atoms with van der Waals surface area (Å²) >= 11 is 0. The van der Waals surface area contributed by atoms with Gasteiger partial charge in [0.25, 0.3) is 10.0 Å². The van der Waals surface area contributed by atoms with E-state index in [0.717, 1.165) is 5.56 Å². The van der Waals surface area contributed by atoms with Crippen molar-refractivity contribution in [3.05, 3.63) is 53.6 Å². The number of hydrogen-bond donors (Lipinski definition) is 2. The van der Waals surface area contributed by atoms with Crippen molar-refractivity contribution in [2.24, 2.45) is 0 Å². The molecule has 0 aromatic heterocycles. The molecule has 2 aromatic carbocycles. The predicted octanol–water partition coefficient (Wildman–Crippen LogP) is 3.45. The van der Waals surface area contributed by atoms with Gasteiger partial charge >= 0.3 is 0 Å². The lowest BCUT2D eigenvalue weighted by Crippen LogP contribution is -2.15. The number of anilines is 2. The molecule has 0 atom stereocenters. The van der Waals surface area contributed by atoms with Crippen LogP contribution in [0.4, 0.5) is 11.4 Å². The molecule has 122 valence electrons. The molecule has 2 rings (SSSR count). The van der Waals surface area contributed by atoms with Crippen LogP contribution in [0.2, 0.25) is 0 Å². The van der Waals surface area contributed by atoms with E-state index in [2.05, 4.69) is 10.0 Å². The van der Waals surface area contributed by atoms with Crippen molar-refractivity contribution in [2.75, 3.05) is 10.0 Å². The highest BCUT2D eigenvalue weighted by atomic mass is 32.2. The van der Waals surface area contributed by atoms with E-state index in [9.17, 15) is 13.2 Å². The Bertz CT molecular complexity index is 812. The third kappa shape index (κ3) is 4.10. The van der Waals surface area contributed by atoms with Crippen molar-refractivity contribution < 1.29 is 13.2 Å². The summed E-state index contributed by atoms with van der Waals surface area (Å²) in [6, 6.07) is 11.7. The van der Waals surface area contributed by atoms with Gasteiger partial charge in [-0.15, -0.1) is 0 Å². The normalized spacial score (nSPS) is 11.1. The Morgan fingerprint density at radius 1 is 1.00 bits per heavy atom. The van der Waals surface area contributed by atoms with Crippen LogP contribution in [0.3, 0.4) is 0 Å². The number of rotatable bonds is 5. The van der Waals surface area contributed by atoms with Gasteiger partial charge in [0.15, 0.2) is 0 Å². The maximum Gasteiger partial charge on any atom is 0.261 e. The van der Waals surface area contributed by atoms with Crippen molar-refractivity contribution >= 4 is 27.3 Å². The Balaban J connectivity index is 2.31. The zero-order chi connectivity index (χ0) is 17.0. The van der Waals surface area contributed by atoms with E-state index in [4.69, 9.17) is 0 Å². The molecule has 0 radical (unpaired) electrons. The first kappa shape index (κ1) is 17.0. The maximum atomic E-state index is 12.5. The minimum Gasteiger partial charge on any atom is -0.326 e. The Morgan fingerprint density at radius 2 is 1.61 bits per heavy atom. The number of carbonyl (C=O) groups excluding carboxylic acids is 1. The number of benzene rings is 2. The van der Waals surface area contributed by atoms with E-state index >= 15 is 0 Å². The minimum atomic E-state index is -3.67. The van der Waals surface area contributed by atoms with Gasteiger partial charge in [0.2, 0.25) is 5.91 Å². The van der Waals surface area contributed by atoms with Crippen LogP contribution >= 0.6 is 0 Å². The largest absolute Gasteiger partial charge is 0.326 e. The van der Waals surface area contributed by atoms with Crippen LogP contribution in [0.5, 0.6) is 0 Å². The van der Waals surface area contributed by atoms with Crippen LogP contribution < -0.4 is 10.0 Å². The van der Waals surface area contributed by atoms with Gasteiger partial charge in [-0.1, -0.05) is 30.7 Å². The molecular weight excluding hydrogens is 312 g/mol. The molecular formula is C17H20N2O3S. The first-order valence-electron chi connectivity index (χ1n) is 7.32. The third-order valence-corrected chi connectivity index (χ3v) is 4.89. The zero-order valence-electron chi connectivity index (χ0n) is 13.4. The van der Waals surface area contributed by atoms with Gasteiger partial charge in [0, 0.05) is 12.1 Å². The average Bonchev–Trinajstić information content (AvgIpc) is 2.51. The lowest BCUT2D eigenvalue weighted by atomic mass is 10.1. The smallest absolute Gasteiger partial charge is 0.261 e. The molecule has 0 saturated heterocycles. The average molecular weight is 332 g/mol. The molecule has 0 aliphatic heterocycles. The molecule has 5 nitrogen and oxygen atoms in total. The molecule has 23 heavy (non-hydrogen) atoms. The number of sulfonamides is 1. The molecule has 0 saturated carbocycles. The lowest BCUT2D eigenvalue weighted by molar-refractivity contribution is -0.115. The van der Waals surface area contributed by atoms with Crippen LogP contribution in [0.25, 0.3) is 0 Å². The molecule has 0 bridgehead atoms. The number of hydrogen-bond acceptors (Lipinski definition) is 3. The Hall–Kier alpha value is -2.34. The summed E-state index contributed by atoms with van der Waals surface area (Å²) in [4.78, 5) is 11.7. The second-order valence-electron chi connectivity index (χ2n) is 5.30. The number of carbonyl (C=O) groups is 1. The fraction of sp³-hybridized carbons (Fsp3) is 0.235. The lowest BCUT2D eigenvalue weighted by Gasteiger charge is -2.14. The predicted molar refractivity (Wildman–Crippen MR) is 92.1 cm³/mol. The molecule has 0 fully saturated rings. The first-order valence-corrected chi connectivity index (χ1v) is 8.80. The Morgan fingerprint density at radius 3 is 2.22 bits per heavy atom. The summed E-state index contributed by atoms with van der Waals surface area (Å²) in [6.07, 6.45) is 0.360. The highest BCUT2D eigenvalue weighted by Crippen LogP contribution is 2.26. The van der Waals surface area contributed by atoms with Crippen molar-refractivity contribution in [1.29, 1.82) is 0 Å². The number of nitrogens with one attached hydrogen (secondary N) is 2. The SMILES string of the molecule is CCC(=O)Nc1cccc(NS(=O)(=O)c2ccc(C)cc2)c1C.